The summed E-state index contributed by atoms with van der Waals surface area (Å²) in [5.41, 5.74) is 1.05. The highest BCUT2D eigenvalue weighted by Gasteiger charge is 2.01. The molecule has 0 amide bonds. The molecule has 0 fully saturated rings. The van der Waals surface area contributed by atoms with Crippen LogP contribution in [0.2, 0.25) is 0 Å². The van der Waals surface area contributed by atoms with Gasteiger partial charge in [-0.15, -0.1) is 11.8 Å². The van der Waals surface area contributed by atoms with Gasteiger partial charge in [0.05, 0.1) is 0 Å². The van der Waals surface area contributed by atoms with Gasteiger partial charge in [0.15, 0.2) is 0 Å². The molecular weight excluding hydrogens is 206 g/mol. The SMILES string of the molecule is C=C(CNC)COc1ccccc1SC. The summed E-state index contributed by atoms with van der Waals surface area (Å²) in [6.45, 7) is 5.28. The van der Waals surface area contributed by atoms with Crippen molar-refractivity contribution in [3.63, 3.8) is 0 Å². The molecule has 0 aliphatic rings. The van der Waals surface area contributed by atoms with Crippen LogP contribution in [0.5, 0.6) is 5.75 Å². The molecule has 0 saturated heterocycles. The Morgan fingerprint density at radius 2 is 2.20 bits per heavy atom. The predicted octanol–water partition coefficient (Wildman–Crippen LogP) is 2.56. The van der Waals surface area contributed by atoms with Gasteiger partial charge in [-0.1, -0.05) is 18.7 Å². The molecule has 1 aromatic rings. The molecule has 0 unspecified atom stereocenters. The number of likely N-dealkylation sites (N-methyl/N-ethyl adjacent to an activating group) is 1. The van der Waals surface area contributed by atoms with Crippen molar-refractivity contribution in [3.05, 3.63) is 36.4 Å². The van der Waals surface area contributed by atoms with E-state index in [2.05, 4.69) is 18.0 Å². The Kier molecular flexibility index (Phi) is 5.29. The van der Waals surface area contributed by atoms with E-state index in [1.807, 2.05) is 31.5 Å². The van der Waals surface area contributed by atoms with Gasteiger partial charge in [-0.2, -0.15) is 0 Å². The highest BCUT2D eigenvalue weighted by atomic mass is 32.2. The molecule has 1 rings (SSSR count). The Bertz CT molecular complexity index is 325. The summed E-state index contributed by atoms with van der Waals surface area (Å²) in [6, 6.07) is 8.04. The van der Waals surface area contributed by atoms with E-state index in [1.165, 1.54) is 0 Å². The van der Waals surface area contributed by atoms with Gasteiger partial charge in [0.25, 0.3) is 0 Å². The van der Waals surface area contributed by atoms with Gasteiger partial charge in [-0.05, 0) is 31.0 Å². The van der Waals surface area contributed by atoms with Crippen LogP contribution in [0.1, 0.15) is 0 Å². The van der Waals surface area contributed by atoms with Crippen molar-refractivity contribution >= 4 is 11.8 Å². The fourth-order valence-corrected chi connectivity index (χ4v) is 1.76. The van der Waals surface area contributed by atoms with E-state index < -0.39 is 0 Å². The van der Waals surface area contributed by atoms with Gasteiger partial charge in [-0.3, -0.25) is 0 Å². The second-order valence-corrected chi connectivity index (χ2v) is 4.07. The van der Waals surface area contributed by atoms with E-state index in [4.69, 9.17) is 4.74 Å². The number of hydrogen-bond acceptors (Lipinski definition) is 3. The molecule has 0 spiro atoms. The fraction of sp³-hybridized carbons (Fsp3) is 0.333. The molecular formula is C12H17NOS. The molecule has 0 atom stereocenters. The normalized spacial score (nSPS) is 10.0. The Morgan fingerprint density at radius 3 is 2.87 bits per heavy atom. The third-order valence-electron chi connectivity index (χ3n) is 1.93. The quantitative estimate of drug-likeness (QED) is 0.591. The van der Waals surface area contributed by atoms with Crippen molar-refractivity contribution < 1.29 is 4.74 Å². The van der Waals surface area contributed by atoms with Gasteiger partial charge in [0, 0.05) is 11.4 Å². The lowest BCUT2D eigenvalue weighted by molar-refractivity contribution is 0.341. The minimum absolute atomic E-state index is 0.568. The van der Waals surface area contributed by atoms with Crippen LogP contribution in [-0.4, -0.2) is 26.5 Å². The topological polar surface area (TPSA) is 21.3 Å². The first-order valence-electron chi connectivity index (χ1n) is 4.85. The van der Waals surface area contributed by atoms with Crippen molar-refractivity contribution in [1.29, 1.82) is 0 Å². The van der Waals surface area contributed by atoms with Crippen LogP contribution in [0.4, 0.5) is 0 Å². The predicted molar refractivity (Wildman–Crippen MR) is 66.8 cm³/mol. The zero-order chi connectivity index (χ0) is 11.1. The smallest absolute Gasteiger partial charge is 0.133 e. The van der Waals surface area contributed by atoms with Crippen LogP contribution >= 0.6 is 11.8 Å². The molecule has 2 nitrogen and oxygen atoms in total. The minimum Gasteiger partial charge on any atom is -0.488 e. The first-order chi connectivity index (χ1) is 7.27. The maximum atomic E-state index is 5.68. The van der Waals surface area contributed by atoms with E-state index in [9.17, 15) is 0 Å². The van der Waals surface area contributed by atoms with Crippen LogP contribution in [0.15, 0.2) is 41.3 Å². The molecule has 0 aliphatic carbocycles. The van der Waals surface area contributed by atoms with Gasteiger partial charge in [0.1, 0.15) is 12.4 Å². The number of benzene rings is 1. The summed E-state index contributed by atoms with van der Waals surface area (Å²) in [6.07, 6.45) is 2.05. The molecule has 0 aromatic heterocycles. The lowest BCUT2D eigenvalue weighted by Crippen LogP contribution is -2.14. The monoisotopic (exact) mass is 223 g/mol. The number of ether oxygens (including phenoxy) is 1. The summed E-state index contributed by atoms with van der Waals surface area (Å²) >= 11 is 1.69. The summed E-state index contributed by atoms with van der Waals surface area (Å²) in [4.78, 5) is 1.16. The first kappa shape index (κ1) is 12.1. The van der Waals surface area contributed by atoms with Gasteiger partial charge >= 0.3 is 0 Å². The Labute approximate surface area is 95.7 Å². The molecule has 0 heterocycles. The van der Waals surface area contributed by atoms with Crippen LogP contribution < -0.4 is 10.1 Å². The average molecular weight is 223 g/mol. The maximum absolute atomic E-state index is 5.68. The number of nitrogens with one attached hydrogen (secondary N) is 1. The maximum Gasteiger partial charge on any atom is 0.133 e. The van der Waals surface area contributed by atoms with E-state index >= 15 is 0 Å². The molecule has 1 aromatic carbocycles. The summed E-state index contributed by atoms with van der Waals surface area (Å²) < 4.78 is 5.68. The van der Waals surface area contributed by atoms with Gasteiger partial charge in [-0.25, -0.2) is 0 Å². The van der Waals surface area contributed by atoms with Crippen molar-refractivity contribution in [3.8, 4) is 5.75 Å². The van der Waals surface area contributed by atoms with Gasteiger partial charge in [0.2, 0.25) is 0 Å². The zero-order valence-electron chi connectivity index (χ0n) is 9.25. The molecule has 1 N–H and O–H groups in total. The summed E-state index contributed by atoms with van der Waals surface area (Å²) in [7, 11) is 1.90. The standard InChI is InChI=1S/C12H17NOS/c1-10(8-13-2)9-14-11-6-4-5-7-12(11)15-3/h4-7,13H,1,8-9H2,2-3H3. The minimum atomic E-state index is 0.568. The van der Waals surface area contributed by atoms with E-state index in [-0.39, 0.29) is 0 Å². The Balaban J connectivity index is 2.53. The number of hydrogen-bond donors (Lipinski definition) is 1. The van der Waals surface area contributed by atoms with E-state index in [0.717, 1.165) is 22.8 Å². The van der Waals surface area contributed by atoms with E-state index in [0.29, 0.717) is 6.61 Å². The molecule has 15 heavy (non-hydrogen) atoms. The van der Waals surface area contributed by atoms with Crippen LogP contribution in [-0.2, 0) is 0 Å². The second kappa shape index (κ2) is 6.53. The lowest BCUT2D eigenvalue weighted by atomic mass is 10.3. The highest BCUT2D eigenvalue weighted by Crippen LogP contribution is 2.26. The summed E-state index contributed by atoms with van der Waals surface area (Å²) in [5.74, 6) is 0.933. The Hall–Kier alpha value is -0.930. The lowest BCUT2D eigenvalue weighted by Gasteiger charge is -2.10. The van der Waals surface area contributed by atoms with Gasteiger partial charge < -0.3 is 10.1 Å². The number of thioether (sulfide) groups is 1. The van der Waals surface area contributed by atoms with Crippen molar-refractivity contribution in [2.75, 3.05) is 26.5 Å². The zero-order valence-corrected chi connectivity index (χ0v) is 10.1. The number of para-hydroxylation sites is 1. The third-order valence-corrected chi connectivity index (χ3v) is 2.70. The van der Waals surface area contributed by atoms with Crippen LogP contribution in [0, 0.1) is 0 Å². The highest BCUT2D eigenvalue weighted by molar-refractivity contribution is 7.98. The van der Waals surface area contributed by atoms with E-state index in [1.54, 1.807) is 11.8 Å². The van der Waals surface area contributed by atoms with Crippen LogP contribution in [0.3, 0.4) is 0 Å². The number of rotatable bonds is 6. The Morgan fingerprint density at radius 1 is 1.47 bits per heavy atom. The average Bonchev–Trinajstić information content (AvgIpc) is 2.27. The van der Waals surface area contributed by atoms with Crippen molar-refractivity contribution in [2.24, 2.45) is 0 Å². The second-order valence-electron chi connectivity index (χ2n) is 3.22. The van der Waals surface area contributed by atoms with Crippen molar-refractivity contribution in [1.82, 2.24) is 5.32 Å². The third kappa shape index (κ3) is 3.98. The fourth-order valence-electron chi connectivity index (χ4n) is 1.22. The molecule has 82 valence electrons. The molecule has 0 aliphatic heterocycles. The molecule has 0 radical (unpaired) electrons. The first-order valence-corrected chi connectivity index (χ1v) is 6.07. The molecule has 0 bridgehead atoms. The largest absolute Gasteiger partial charge is 0.488 e. The molecule has 0 saturated carbocycles. The molecule has 3 heteroatoms. The summed E-state index contributed by atoms with van der Waals surface area (Å²) in [5, 5.41) is 3.05. The van der Waals surface area contributed by atoms with Crippen LogP contribution in [0.25, 0.3) is 0 Å². The van der Waals surface area contributed by atoms with Crippen molar-refractivity contribution in [2.45, 2.75) is 4.90 Å².